The maximum absolute atomic E-state index is 4.89. The SMILES string of the molecule is CCCCCCCCc1nc2c(ccn2C)c(C)c1C. The van der Waals surface area contributed by atoms with Crippen molar-refractivity contribution in [3.05, 3.63) is 29.1 Å². The molecule has 2 heterocycles. The number of nitrogens with zero attached hydrogens (tertiary/aromatic N) is 2. The molecule has 20 heavy (non-hydrogen) atoms. The van der Waals surface area contributed by atoms with Crippen LogP contribution in [0.25, 0.3) is 11.0 Å². The summed E-state index contributed by atoms with van der Waals surface area (Å²) in [5, 5.41) is 1.30. The molecular weight excluding hydrogens is 244 g/mol. The number of unbranched alkanes of at least 4 members (excludes halogenated alkanes) is 5. The van der Waals surface area contributed by atoms with Crippen LogP contribution in [-0.4, -0.2) is 9.55 Å². The molecule has 2 aromatic rings. The fraction of sp³-hybridized carbons (Fsp3) is 0.611. The van der Waals surface area contributed by atoms with Crippen molar-refractivity contribution in [3.8, 4) is 0 Å². The van der Waals surface area contributed by atoms with Crippen LogP contribution in [0.4, 0.5) is 0 Å². The monoisotopic (exact) mass is 272 g/mol. The van der Waals surface area contributed by atoms with Crippen molar-refractivity contribution < 1.29 is 0 Å². The van der Waals surface area contributed by atoms with E-state index in [9.17, 15) is 0 Å². The molecule has 0 fully saturated rings. The number of hydrogen-bond donors (Lipinski definition) is 0. The van der Waals surface area contributed by atoms with Crippen molar-refractivity contribution in [2.75, 3.05) is 0 Å². The second kappa shape index (κ2) is 6.92. The molecule has 0 saturated heterocycles. The minimum atomic E-state index is 1.12. The van der Waals surface area contributed by atoms with Crippen LogP contribution in [-0.2, 0) is 13.5 Å². The first kappa shape index (κ1) is 15.1. The lowest BCUT2D eigenvalue weighted by molar-refractivity contribution is 0.604. The van der Waals surface area contributed by atoms with Gasteiger partial charge in [0.2, 0.25) is 0 Å². The molecule has 110 valence electrons. The molecule has 2 aromatic heterocycles. The van der Waals surface area contributed by atoms with Crippen molar-refractivity contribution in [2.45, 2.75) is 65.7 Å². The van der Waals surface area contributed by atoms with Gasteiger partial charge in [-0.25, -0.2) is 4.98 Å². The van der Waals surface area contributed by atoms with Crippen LogP contribution < -0.4 is 0 Å². The van der Waals surface area contributed by atoms with Gasteiger partial charge in [-0.15, -0.1) is 0 Å². The maximum Gasteiger partial charge on any atom is 0.140 e. The van der Waals surface area contributed by atoms with Crippen LogP contribution in [0.5, 0.6) is 0 Å². The van der Waals surface area contributed by atoms with Crippen LogP contribution in [0.1, 0.15) is 62.3 Å². The predicted molar refractivity (Wildman–Crippen MR) is 87.3 cm³/mol. The summed E-state index contributed by atoms with van der Waals surface area (Å²) in [4.78, 5) is 4.89. The topological polar surface area (TPSA) is 17.8 Å². The predicted octanol–water partition coefficient (Wildman–Crippen LogP) is 5.09. The normalized spacial score (nSPS) is 11.4. The van der Waals surface area contributed by atoms with Gasteiger partial charge in [0.1, 0.15) is 5.65 Å². The summed E-state index contributed by atoms with van der Waals surface area (Å²) in [7, 11) is 2.08. The zero-order chi connectivity index (χ0) is 14.5. The van der Waals surface area contributed by atoms with Gasteiger partial charge in [0.25, 0.3) is 0 Å². The van der Waals surface area contributed by atoms with E-state index in [1.807, 2.05) is 0 Å². The van der Waals surface area contributed by atoms with Crippen LogP contribution in [0.15, 0.2) is 12.3 Å². The van der Waals surface area contributed by atoms with E-state index in [2.05, 4.69) is 44.6 Å². The zero-order valence-corrected chi connectivity index (χ0v) is 13.5. The number of fused-ring (bicyclic) bond motifs is 1. The van der Waals surface area contributed by atoms with Crippen molar-refractivity contribution in [2.24, 2.45) is 7.05 Å². The first-order valence-corrected chi connectivity index (χ1v) is 8.06. The van der Waals surface area contributed by atoms with Gasteiger partial charge >= 0.3 is 0 Å². The third kappa shape index (κ3) is 3.23. The molecule has 2 heteroatoms. The van der Waals surface area contributed by atoms with Gasteiger partial charge < -0.3 is 4.57 Å². The largest absolute Gasteiger partial charge is 0.336 e. The Labute approximate surface area is 123 Å². The Hall–Kier alpha value is -1.31. The highest BCUT2D eigenvalue weighted by Gasteiger charge is 2.10. The van der Waals surface area contributed by atoms with E-state index in [0.29, 0.717) is 0 Å². The summed E-state index contributed by atoms with van der Waals surface area (Å²) in [6.07, 6.45) is 11.3. The van der Waals surface area contributed by atoms with Gasteiger partial charge in [0.05, 0.1) is 0 Å². The molecule has 0 spiro atoms. The van der Waals surface area contributed by atoms with E-state index in [0.717, 1.165) is 12.1 Å². The van der Waals surface area contributed by atoms with Gasteiger partial charge in [-0.05, 0) is 43.9 Å². The molecular formula is C18H28N2. The molecule has 0 aliphatic carbocycles. The third-order valence-electron chi connectivity index (χ3n) is 4.45. The molecule has 0 N–H and O–H groups in total. The van der Waals surface area contributed by atoms with Crippen LogP contribution in [0.2, 0.25) is 0 Å². The second-order valence-corrected chi connectivity index (χ2v) is 5.99. The molecule has 0 radical (unpaired) electrons. The lowest BCUT2D eigenvalue weighted by Gasteiger charge is -2.10. The number of hydrogen-bond acceptors (Lipinski definition) is 1. The van der Waals surface area contributed by atoms with E-state index >= 15 is 0 Å². The van der Waals surface area contributed by atoms with Crippen LogP contribution in [0.3, 0.4) is 0 Å². The quantitative estimate of drug-likeness (QED) is 0.642. The van der Waals surface area contributed by atoms with E-state index in [-0.39, 0.29) is 0 Å². The highest BCUT2D eigenvalue weighted by molar-refractivity contribution is 5.81. The van der Waals surface area contributed by atoms with Gasteiger partial charge in [-0.1, -0.05) is 39.0 Å². The third-order valence-corrected chi connectivity index (χ3v) is 4.45. The Bertz CT molecular complexity index is 566. The van der Waals surface area contributed by atoms with Crippen LogP contribution in [0, 0.1) is 13.8 Å². The highest BCUT2D eigenvalue weighted by atomic mass is 15.0. The summed E-state index contributed by atoms with van der Waals surface area (Å²) < 4.78 is 2.13. The maximum atomic E-state index is 4.89. The minimum absolute atomic E-state index is 1.12. The fourth-order valence-electron chi connectivity index (χ4n) is 2.90. The summed E-state index contributed by atoms with van der Waals surface area (Å²) in [6.45, 7) is 6.72. The molecule has 0 aromatic carbocycles. The van der Waals surface area contributed by atoms with Crippen LogP contribution >= 0.6 is 0 Å². The molecule has 0 unspecified atom stereocenters. The Morgan fingerprint density at radius 2 is 1.70 bits per heavy atom. The van der Waals surface area contributed by atoms with Gasteiger partial charge in [-0.3, -0.25) is 0 Å². The van der Waals surface area contributed by atoms with Crippen molar-refractivity contribution in [1.82, 2.24) is 9.55 Å². The molecule has 0 bridgehead atoms. The van der Waals surface area contributed by atoms with Crippen molar-refractivity contribution in [3.63, 3.8) is 0 Å². The average molecular weight is 272 g/mol. The Morgan fingerprint density at radius 1 is 1.00 bits per heavy atom. The lowest BCUT2D eigenvalue weighted by atomic mass is 10.0. The summed E-state index contributed by atoms with van der Waals surface area (Å²) >= 11 is 0. The molecule has 0 saturated carbocycles. The number of pyridine rings is 1. The number of rotatable bonds is 7. The molecule has 0 aliphatic heterocycles. The molecule has 0 aliphatic rings. The Kier molecular flexibility index (Phi) is 5.22. The van der Waals surface area contributed by atoms with Gasteiger partial charge in [-0.2, -0.15) is 0 Å². The summed E-state index contributed by atoms with van der Waals surface area (Å²) in [6, 6.07) is 2.18. The first-order valence-electron chi connectivity index (χ1n) is 8.06. The molecule has 2 rings (SSSR count). The summed E-state index contributed by atoms with van der Waals surface area (Å²) in [5.74, 6) is 0. The number of aryl methyl sites for hydroxylation is 3. The highest BCUT2D eigenvalue weighted by Crippen LogP contribution is 2.24. The van der Waals surface area contributed by atoms with E-state index < -0.39 is 0 Å². The Balaban J connectivity index is 2.02. The smallest absolute Gasteiger partial charge is 0.140 e. The molecule has 0 amide bonds. The zero-order valence-electron chi connectivity index (χ0n) is 13.5. The first-order chi connectivity index (χ1) is 9.65. The standard InChI is InChI=1S/C18H28N2/c1-5-6-7-8-9-10-11-17-15(3)14(2)16-12-13-20(4)18(16)19-17/h12-13H,5-11H2,1-4H3. The second-order valence-electron chi connectivity index (χ2n) is 5.99. The average Bonchev–Trinajstić information content (AvgIpc) is 2.81. The summed E-state index contributed by atoms with van der Waals surface area (Å²) in [5.41, 5.74) is 5.22. The van der Waals surface area contributed by atoms with Crippen molar-refractivity contribution in [1.29, 1.82) is 0 Å². The molecule has 0 atom stereocenters. The molecule has 2 nitrogen and oxygen atoms in total. The van der Waals surface area contributed by atoms with Gasteiger partial charge in [0, 0.05) is 24.3 Å². The van der Waals surface area contributed by atoms with Crippen molar-refractivity contribution >= 4 is 11.0 Å². The Morgan fingerprint density at radius 3 is 2.45 bits per heavy atom. The van der Waals surface area contributed by atoms with Gasteiger partial charge in [0.15, 0.2) is 0 Å². The number of aromatic nitrogens is 2. The van der Waals surface area contributed by atoms with E-state index in [1.165, 1.54) is 60.7 Å². The van der Waals surface area contributed by atoms with E-state index in [1.54, 1.807) is 0 Å². The minimum Gasteiger partial charge on any atom is -0.336 e. The van der Waals surface area contributed by atoms with E-state index in [4.69, 9.17) is 4.98 Å². The fourth-order valence-corrected chi connectivity index (χ4v) is 2.90. The lowest BCUT2D eigenvalue weighted by Crippen LogP contribution is -2.00.